The van der Waals surface area contributed by atoms with Crippen molar-refractivity contribution in [1.29, 1.82) is 0 Å². The molecule has 112 valence electrons. The second-order valence-corrected chi connectivity index (χ2v) is 7.69. The summed E-state index contributed by atoms with van der Waals surface area (Å²) in [6.07, 6.45) is 1.11. The average molecular weight is 307 g/mol. The Bertz CT molecular complexity index is 591. The van der Waals surface area contributed by atoms with Gasteiger partial charge in [0, 0.05) is 12.2 Å². The van der Waals surface area contributed by atoms with Gasteiger partial charge in [0.15, 0.2) is 0 Å². The van der Waals surface area contributed by atoms with Gasteiger partial charge in [0.05, 0.1) is 4.90 Å². The number of sulfone groups is 1. The summed E-state index contributed by atoms with van der Waals surface area (Å²) in [6.45, 7) is 5.04. The Morgan fingerprint density at radius 1 is 1.25 bits per heavy atom. The lowest BCUT2D eigenvalue weighted by molar-refractivity contribution is -0.0436. The van der Waals surface area contributed by atoms with E-state index < -0.39 is 20.2 Å². The topological polar surface area (TPSA) is 46.2 Å². The molecule has 0 spiro atoms. The van der Waals surface area contributed by atoms with Crippen molar-refractivity contribution in [2.45, 2.75) is 30.7 Å². The smallest absolute Gasteiger partial charge is 0.385 e. The summed E-state index contributed by atoms with van der Waals surface area (Å²) in [5, 5.41) is 3.10. The van der Waals surface area contributed by atoms with E-state index >= 15 is 0 Å². The fraction of sp³-hybridized carbons (Fsp3) is 0.538. The van der Waals surface area contributed by atoms with Gasteiger partial charge in [0.2, 0.25) is 0 Å². The molecule has 1 unspecified atom stereocenters. The third-order valence-corrected chi connectivity index (χ3v) is 5.24. The Hall–Kier alpha value is -1.24. The van der Waals surface area contributed by atoms with Crippen molar-refractivity contribution in [3.05, 3.63) is 24.3 Å². The molecule has 1 aliphatic rings. The van der Waals surface area contributed by atoms with Gasteiger partial charge in [-0.3, -0.25) is 0 Å². The lowest BCUT2D eigenvalue weighted by Gasteiger charge is -2.10. The van der Waals surface area contributed by atoms with E-state index in [0.717, 1.165) is 25.1 Å². The Morgan fingerprint density at radius 2 is 1.75 bits per heavy atom. The van der Waals surface area contributed by atoms with Gasteiger partial charge in [-0.15, -0.1) is 0 Å². The summed E-state index contributed by atoms with van der Waals surface area (Å²) < 4.78 is 59.5. The normalized spacial score (nSPS) is 21.6. The molecule has 1 atom stereocenters. The molecule has 0 radical (unpaired) electrons. The molecule has 1 aliphatic carbocycles. The van der Waals surface area contributed by atoms with Crippen LogP contribution >= 0.6 is 0 Å². The number of benzene rings is 1. The third-order valence-electron chi connectivity index (χ3n) is 3.74. The molecule has 2 rings (SSSR count). The zero-order valence-corrected chi connectivity index (χ0v) is 12.0. The number of alkyl halides is 3. The van der Waals surface area contributed by atoms with E-state index in [0.29, 0.717) is 17.0 Å². The molecule has 3 nitrogen and oxygen atoms in total. The first kappa shape index (κ1) is 15.2. The summed E-state index contributed by atoms with van der Waals surface area (Å²) >= 11 is 0. The number of anilines is 1. The molecule has 1 aromatic rings. The number of rotatable bonds is 4. The van der Waals surface area contributed by atoms with Gasteiger partial charge in [0.25, 0.3) is 9.84 Å². The van der Waals surface area contributed by atoms with Crippen molar-refractivity contribution in [1.82, 2.24) is 0 Å². The highest BCUT2D eigenvalue weighted by molar-refractivity contribution is 7.92. The monoisotopic (exact) mass is 307 g/mol. The molecule has 7 heteroatoms. The van der Waals surface area contributed by atoms with Crippen LogP contribution in [0.15, 0.2) is 29.2 Å². The summed E-state index contributed by atoms with van der Waals surface area (Å²) in [7, 11) is -5.26. The summed E-state index contributed by atoms with van der Waals surface area (Å²) in [6, 6.07) is 4.66. The van der Waals surface area contributed by atoms with Crippen LogP contribution in [-0.2, 0) is 9.84 Å². The Kier molecular flexibility index (Phi) is 3.52. The molecule has 1 aromatic carbocycles. The molecule has 0 heterocycles. The van der Waals surface area contributed by atoms with Crippen LogP contribution in [0.4, 0.5) is 18.9 Å². The van der Waals surface area contributed by atoms with Crippen LogP contribution in [0.2, 0.25) is 0 Å². The van der Waals surface area contributed by atoms with Crippen molar-refractivity contribution in [3.63, 3.8) is 0 Å². The molecule has 1 N–H and O–H groups in total. The largest absolute Gasteiger partial charge is 0.501 e. The molecular weight excluding hydrogens is 291 g/mol. The van der Waals surface area contributed by atoms with Gasteiger partial charge >= 0.3 is 5.51 Å². The molecular formula is C13H16F3NO2S. The minimum absolute atomic E-state index is 0.312. The molecule has 0 aliphatic heterocycles. The van der Waals surface area contributed by atoms with Crippen LogP contribution in [0.25, 0.3) is 0 Å². The van der Waals surface area contributed by atoms with Gasteiger partial charge in [0.1, 0.15) is 0 Å². The Morgan fingerprint density at radius 3 is 2.15 bits per heavy atom. The maximum Gasteiger partial charge on any atom is 0.501 e. The van der Waals surface area contributed by atoms with Crippen LogP contribution in [0, 0.1) is 11.3 Å². The quantitative estimate of drug-likeness (QED) is 0.927. The maximum absolute atomic E-state index is 12.4. The van der Waals surface area contributed by atoms with E-state index in [-0.39, 0.29) is 0 Å². The first-order valence-electron chi connectivity index (χ1n) is 6.19. The summed E-state index contributed by atoms with van der Waals surface area (Å²) in [5.74, 6) is 0.543. The predicted octanol–water partition coefficient (Wildman–Crippen LogP) is 3.44. The van der Waals surface area contributed by atoms with Crippen LogP contribution in [0.3, 0.4) is 0 Å². The van der Waals surface area contributed by atoms with Crippen molar-refractivity contribution in [2.75, 3.05) is 11.9 Å². The van der Waals surface area contributed by atoms with Gasteiger partial charge in [-0.1, -0.05) is 13.8 Å². The van der Waals surface area contributed by atoms with E-state index in [1.54, 1.807) is 0 Å². The first-order chi connectivity index (χ1) is 9.04. The van der Waals surface area contributed by atoms with Crippen molar-refractivity contribution < 1.29 is 21.6 Å². The number of hydrogen-bond donors (Lipinski definition) is 1. The molecule has 0 saturated heterocycles. The average Bonchev–Trinajstić information content (AvgIpc) is 2.93. The fourth-order valence-electron chi connectivity index (χ4n) is 2.05. The van der Waals surface area contributed by atoms with Crippen molar-refractivity contribution in [3.8, 4) is 0 Å². The lowest BCUT2D eigenvalue weighted by atomic mass is 10.1. The molecule has 1 fully saturated rings. The van der Waals surface area contributed by atoms with Crippen molar-refractivity contribution >= 4 is 15.5 Å². The van der Waals surface area contributed by atoms with E-state index in [1.165, 1.54) is 12.1 Å². The van der Waals surface area contributed by atoms with Crippen LogP contribution in [0.5, 0.6) is 0 Å². The molecule has 0 bridgehead atoms. The molecule has 0 amide bonds. The highest BCUT2D eigenvalue weighted by Crippen LogP contribution is 2.51. The highest BCUT2D eigenvalue weighted by atomic mass is 32.2. The Balaban J connectivity index is 2.04. The van der Waals surface area contributed by atoms with E-state index in [1.807, 2.05) is 0 Å². The zero-order valence-electron chi connectivity index (χ0n) is 11.2. The first-order valence-corrected chi connectivity index (χ1v) is 7.68. The molecule has 1 saturated carbocycles. The van der Waals surface area contributed by atoms with Crippen LogP contribution in [0.1, 0.15) is 20.3 Å². The second kappa shape index (κ2) is 4.65. The predicted molar refractivity (Wildman–Crippen MR) is 70.1 cm³/mol. The Labute approximate surface area is 116 Å². The zero-order chi connectivity index (χ0) is 15.2. The minimum Gasteiger partial charge on any atom is -0.385 e. The van der Waals surface area contributed by atoms with Gasteiger partial charge in [-0.05, 0) is 42.0 Å². The van der Waals surface area contributed by atoms with E-state index in [4.69, 9.17) is 0 Å². The summed E-state index contributed by atoms with van der Waals surface area (Å²) in [4.78, 5) is -0.734. The van der Waals surface area contributed by atoms with Gasteiger partial charge in [-0.2, -0.15) is 13.2 Å². The second-order valence-electron chi connectivity index (χ2n) is 5.74. The number of hydrogen-bond acceptors (Lipinski definition) is 3. The molecule has 20 heavy (non-hydrogen) atoms. The summed E-state index contributed by atoms with van der Waals surface area (Å²) in [5.41, 5.74) is -4.33. The van der Waals surface area contributed by atoms with Crippen molar-refractivity contribution in [2.24, 2.45) is 11.3 Å². The molecule has 0 aromatic heterocycles. The van der Waals surface area contributed by atoms with E-state index in [9.17, 15) is 21.6 Å². The van der Waals surface area contributed by atoms with Crippen LogP contribution in [-0.4, -0.2) is 20.5 Å². The third kappa shape index (κ3) is 2.92. The number of halogens is 3. The SMILES string of the molecule is CC1(C)CC1CNc1ccc(S(=O)(=O)C(F)(F)F)cc1. The van der Waals surface area contributed by atoms with Crippen LogP contribution < -0.4 is 5.32 Å². The maximum atomic E-state index is 12.4. The lowest BCUT2D eigenvalue weighted by Crippen LogP contribution is -2.23. The minimum atomic E-state index is -5.26. The van der Waals surface area contributed by atoms with E-state index in [2.05, 4.69) is 19.2 Å². The van der Waals surface area contributed by atoms with Gasteiger partial charge in [-0.25, -0.2) is 8.42 Å². The highest BCUT2D eigenvalue weighted by Gasteiger charge is 2.47. The number of nitrogens with one attached hydrogen (secondary N) is 1. The fourth-order valence-corrected chi connectivity index (χ4v) is 2.81. The standard InChI is InChI=1S/C13H16F3NO2S/c1-12(2)7-9(12)8-17-10-3-5-11(6-4-10)20(18,19)13(14,15)16/h3-6,9,17H,7-8H2,1-2H3. The van der Waals surface area contributed by atoms with Gasteiger partial charge < -0.3 is 5.32 Å².